The van der Waals surface area contributed by atoms with Crippen molar-refractivity contribution in [2.24, 2.45) is 0 Å². The van der Waals surface area contributed by atoms with Crippen molar-refractivity contribution in [3.8, 4) is 5.75 Å². The van der Waals surface area contributed by atoms with E-state index in [0.717, 1.165) is 25.9 Å². The number of benzene rings is 1. The van der Waals surface area contributed by atoms with Crippen LogP contribution in [0.5, 0.6) is 5.75 Å². The van der Waals surface area contributed by atoms with Gasteiger partial charge in [-0.05, 0) is 75.7 Å². The Morgan fingerprint density at radius 1 is 1.07 bits per heavy atom. The fraction of sp³-hybridized carbons (Fsp3) is 0.552. The maximum absolute atomic E-state index is 13.8. The van der Waals surface area contributed by atoms with Crippen LogP contribution in [-0.4, -0.2) is 86.9 Å². The van der Waals surface area contributed by atoms with Crippen molar-refractivity contribution in [3.63, 3.8) is 0 Å². The number of hydrogen-bond acceptors (Lipinski definition) is 7. The van der Waals surface area contributed by atoms with Crippen LogP contribution in [0.15, 0.2) is 23.0 Å². The zero-order chi connectivity index (χ0) is 29.7. The molecule has 6 rings (SSSR count). The summed E-state index contributed by atoms with van der Waals surface area (Å²) in [5.41, 5.74) is -1.63. The average molecular weight is 569 g/mol. The van der Waals surface area contributed by atoms with Gasteiger partial charge in [-0.3, -0.25) is 28.6 Å². The lowest BCUT2D eigenvalue weighted by Gasteiger charge is -2.49. The molecule has 220 valence electrons. The molecule has 1 saturated carbocycles. The van der Waals surface area contributed by atoms with E-state index >= 15 is 0 Å². The van der Waals surface area contributed by atoms with Gasteiger partial charge in [0.15, 0.2) is 5.69 Å². The molecule has 2 bridgehead atoms. The Kier molecular flexibility index (Phi) is 7.39. The number of carbonyl (C=O) groups is 3. The molecule has 0 atom stereocenters. The number of fused-ring (bicyclic) bond motifs is 2. The lowest BCUT2D eigenvalue weighted by Crippen LogP contribution is -2.57. The molecule has 2 fully saturated rings. The summed E-state index contributed by atoms with van der Waals surface area (Å²) in [5.74, 6) is -3.15. The van der Waals surface area contributed by atoms with E-state index in [0.29, 0.717) is 36.8 Å². The van der Waals surface area contributed by atoms with Crippen LogP contribution in [0.25, 0.3) is 0 Å². The zero-order valence-electron chi connectivity index (χ0n) is 24.0. The Hall–Kier alpha value is -3.80. The molecule has 41 heavy (non-hydrogen) atoms. The Morgan fingerprint density at radius 3 is 2.34 bits per heavy atom. The first-order valence-corrected chi connectivity index (χ1v) is 14.0. The molecule has 11 nitrogen and oxygen atoms in total. The van der Waals surface area contributed by atoms with Crippen molar-refractivity contribution >= 4 is 17.7 Å². The molecular weight excluding hydrogens is 531 g/mol. The molecule has 12 heteroatoms. The summed E-state index contributed by atoms with van der Waals surface area (Å²) in [6, 6.07) is 4.44. The molecular formula is C29H37FN6O5. The van der Waals surface area contributed by atoms with E-state index in [1.807, 2.05) is 0 Å². The van der Waals surface area contributed by atoms with E-state index in [-0.39, 0.29) is 30.3 Å². The molecule has 0 spiro atoms. The number of aromatic hydroxyl groups is 1. The van der Waals surface area contributed by atoms with Crippen LogP contribution in [0.1, 0.15) is 66.0 Å². The fourth-order valence-electron chi connectivity index (χ4n) is 6.71. The summed E-state index contributed by atoms with van der Waals surface area (Å²) in [6.07, 6.45) is 4.33. The van der Waals surface area contributed by atoms with Crippen molar-refractivity contribution in [1.29, 1.82) is 0 Å². The summed E-state index contributed by atoms with van der Waals surface area (Å²) in [4.78, 5) is 62.7. The quantitative estimate of drug-likeness (QED) is 0.523. The maximum atomic E-state index is 13.8. The Bertz CT molecular complexity index is 1460. The van der Waals surface area contributed by atoms with Gasteiger partial charge in [0.25, 0.3) is 11.5 Å². The van der Waals surface area contributed by atoms with Crippen LogP contribution in [0.4, 0.5) is 4.39 Å². The monoisotopic (exact) mass is 568 g/mol. The minimum absolute atomic E-state index is 0.0262. The standard InChI is InChI=1S/C29H37FN6O5/c1-18-15-19(7-8-20(18)30)16-31-23(38)21-22(37)24(39)36-17-28(35-13-5-6-14-35)9-11-29(12-10-28,27(36)32-21)34(4)26(41)25(40)33(2)3/h7-8,15,37H,5-6,9-14,16-17H2,1-4H3,(H,31,38). The average Bonchev–Trinajstić information content (AvgIpc) is 3.42. The van der Waals surface area contributed by atoms with Gasteiger partial charge in [0.05, 0.1) is 0 Å². The number of likely N-dealkylation sites (tertiary alicyclic amines) is 1. The molecule has 3 aliphatic heterocycles. The second-order valence-corrected chi connectivity index (χ2v) is 11.8. The topological polar surface area (TPSA) is 128 Å². The highest BCUT2D eigenvalue weighted by Gasteiger charge is 2.56. The van der Waals surface area contributed by atoms with Crippen molar-refractivity contribution in [2.75, 3.05) is 34.2 Å². The second-order valence-electron chi connectivity index (χ2n) is 11.8. The van der Waals surface area contributed by atoms with Crippen LogP contribution in [0.3, 0.4) is 0 Å². The van der Waals surface area contributed by atoms with Crippen LogP contribution in [0.2, 0.25) is 0 Å². The number of aromatic nitrogens is 2. The van der Waals surface area contributed by atoms with Gasteiger partial charge in [-0.15, -0.1) is 0 Å². The molecule has 1 aromatic heterocycles. The predicted octanol–water partition coefficient (Wildman–Crippen LogP) is 1.49. The third kappa shape index (κ3) is 4.77. The van der Waals surface area contributed by atoms with Gasteiger partial charge in [-0.2, -0.15) is 0 Å². The maximum Gasteiger partial charge on any atom is 0.312 e. The van der Waals surface area contributed by atoms with Gasteiger partial charge >= 0.3 is 11.8 Å². The summed E-state index contributed by atoms with van der Waals surface area (Å²) in [7, 11) is 4.54. The van der Waals surface area contributed by atoms with Crippen LogP contribution in [-0.2, 0) is 28.2 Å². The first-order valence-electron chi connectivity index (χ1n) is 14.0. The molecule has 2 aromatic rings. The fourth-order valence-corrected chi connectivity index (χ4v) is 6.71. The molecule has 0 unspecified atom stereocenters. The van der Waals surface area contributed by atoms with Gasteiger partial charge in [-0.1, -0.05) is 12.1 Å². The molecule has 2 N–H and O–H groups in total. The Morgan fingerprint density at radius 2 is 1.73 bits per heavy atom. The van der Waals surface area contributed by atoms with Crippen LogP contribution in [0, 0.1) is 12.7 Å². The van der Waals surface area contributed by atoms with Crippen molar-refractivity contribution in [3.05, 3.63) is 57.0 Å². The Balaban J connectivity index is 1.58. The number of halogens is 1. The minimum Gasteiger partial charge on any atom is -0.501 e. The molecule has 1 aliphatic carbocycles. The van der Waals surface area contributed by atoms with E-state index in [1.54, 1.807) is 13.0 Å². The van der Waals surface area contributed by atoms with E-state index in [1.165, 1.54) is 47.6 Å². The first kappa shape index (κ1) is 28.7. The molecule has 3 amide bonds. The largest absolute Gasteiger partial charge is 0.501 e. The molecule has 1 saturated heterocycles. The number of aryl methyl sites for hydroxylation is 1. The molecule has 1 aromatic carbocycles. The third-order valence-electron chi connectivity index (χ3n) is 9.23. The second kappa shape index (κ2) is 10.6. The smallest absolute Gasteiger partial charge is 0.312 e. The number of nitrogens with zero attached hydrogens (tertiary/aromatic N) is 5. The van der Waals surface area contributed by atoms with Crippen LogP contribution >= 0.6 is 0 Å². The van der Waals surface area contributed by atoms with Gasteiger partial charge < -0.3 is 20.2 Å². The minimum atomic E-state index is -1.13. The zero-order valence-corrected chi connectivity index (χ0v) is 24.0. The number of hydrogen-bond donors (Lipinski definition) is 2. The lowest BCUT2D eigenvalue weighted by atomic mass is 9.71. The van der Waals surface area contributed by atoms with Gasteiger partial charge in [0, 0.05) is 39.8 Å². The van der Waals surface area contributed by atoms with Crippen LogP contribution < -0.4 is 10.9 Å². The molecule has 4 heterocycles. The summed E-state index contributed by atoms with van der Waals surface area (Å²) in [6.45, 7) is 3.70. The van der Waals surface area contributed by atoms with Gasteiger partial charge in [0.2, 0.25) is 5.75 Å². The van der Waals surface area contributed by atoms with E-state index < -0.39 is 40.3 Å². The van der Waals surface area contributed by atoms with E-state index in [2.05, 4.69) is 15.2 Å². The number of carbonyl (C=O) groups excluding carboxylic acids is 3. The molecule has 4 aliphatic rings. The van der Waals surface area contributed by atoms with Gasteiger partial charge in [-0.25, -0.2) is 9.37 Å². The first-order chi connectivity index (χ1) is 19.4. The highest BCUT2D eigenvalue weighted by atomic mass is 19.1. The Labute approximate surface area is 237 Å². The summed E-state index contributed by atoms with van der Waals surface area (Å²) < 4.78 is 15.1. The number of nitrogens with one attached hydrogen (secondary N) is 1. The normalized spacial score (nSPS) is 23.5. The summed E-state index contributed by atoms with van der Waals surface area (Å²) >= 11 is 0. The third-order valence-corrected chi connectivity index (χ3v) is 9.23. The number of amides is 3. The lowest BCUT2D eigenvalue weighted by molar-refractivity contribution is -0.155. The van der Waals surface area contributed by atoms with Crippen molar-refractivity contribution in [1.82, 2.24) is 29.6 Å². The number of rotatable bonds is 5. The highest BCUT2D eigenvalue weighted by molar-refractivity contribution is 6.34. The SMILES string of the molecule is Cc1cc(CNC(=O)c2nc3n(c(=O)c2O)CC2(N4CCCC4)CCC3(N(C)C(=O)C(=O)N(C)C)CC2)ccc1F. The highest BCUT2D eigenvalue weighted by Crippen LogP contribution is 2.51. The van der Waals surface area contributed by atoms with Gasteiger partial charge in [0.1, 0.15) is 17.2 Å². The predicted molar refractivity (Wildman–Crippen MR) is 148 cm³/mol. The number of likely N-dealkylation sites (N-methyl/N-ethyl adjacent to an activating group) is 2. The van der Waals surface area contributed by atoms with E-state index in [4.69, 9.17) is 0 Å². The van der Waals surface area contributed by atoms with E-state index in [9.17, 15) is 28.7 Å². The van der Waals surface area contributed by atoms with Crippen molar-refractivity contribution in [2.45, 2.75) is 69.6 Å². The summed E-state index contributed by atoms with van der Waals surface area (Å²) in [5, 5.41) is 13.6. The van der Waals surface area contributed by atoms with Crippen molar-refractivity contribution < 1.29 is 23.9 Å². The molecule has 0 radical (unpaired) electrons.